The molecule has 0 aliphatic carbocycles. The van der Waals surface area contributed by atoms with E-state index in [1.807, 2.05) is 17.0 Å². The molecule has 2 aromatic carbocycles. The summed E-state index contributed by atoms with van der Waals surface area (Å²) in [5, 5.41) is 0.628. The first-order valence-corrected chi connectivity index (χ1v) is 10.3. The first-order chi connectivity index (χ1) is 15.1. The minimum atomic E-state index is -0.0211. The lowest BCUT2D eigenvalue weighted by molar-refractivity contribution is 0.0746. The van der Waals surface area contributed by atoms with E-state index in [4.69, 9.17) is 16.3 Å². The van der Waals surface area contributed by atoms with Crippen molar-refractivity contribution in [3.63, 3.8) is 0 Å². The molecule has 1 fully saturated rings. The number of anilines is 1. The minimum absolute atomic E-state index is 0.0211. The molecule has 4 rings (SSSR count). The molecule has 0 radical (unpaired) electrons. The number of hydrogen-bond donors (Lipinski definition) is 0. The molecule has 0 bridgehead atoms. The Bertz CT molecular complexity index is 1130. The zero-order valence-electron chi connectivity index (χ0n) is 17.1. The second kappa shape index (κ2) is 9.50. The van der Waals surface area contributed by atoms with Gasteiger partial charge in [0, 0.05) is 54.7 Å². The van der Waals surface area contributed by atoms with E-state index in [9.17, 15) is 4.79 Å². The fourth-order valence-electron chi connectivity index (χ4n) is 3.42. The van der Waals surface area contributed by atoms with Crippen LogP contribution < -0.4 is 9.64 Å². The van der Waals surface area contributed by atoms with Crippen LogP contribution in [-0.2, 0) is 0 Å². The largest absolute Gasteiger partial charge is 0.495 e. The number of piperazine rings is 1. The molecule has 2 heterocycles. The van der Waals surface area contributed by atoms with E-state index in [1.165, 1.54) is 0 Å². The van der Waals surface area contributed by atoms with Gasteiger partial charge in [-0.3, -0.25) is 9.78 Å². The van der Waals surface area contributed by atoms with Crippen LogP contribution in [0.15, 0.2) is 61.1 Å². The van der Waals surface area contributed by atoms with Crippen LogP contribution in [0.3, 0.4) is 0 Å². The number of aromatic nitrogens is 2. The highest BCUT2D eigenvalue weighted by molar-refractivity contribution is 6.30. The smallest absolute Gasteiger partial charge is 0.254 e. The Hall–Kier alpha value is -3.56. The number of ether oxygens (including phenoxy) is 1. The molecule has 1 aliphatic rings. The molecule has 0 N–H and O–H groups in total. The van der Waals surface area contributed by atoms with E-state index in [0.717, 1.165) is 11.4 Å². The second-order valence-electron chi connectivity index (χ2n) is 7.02. The van der Waals surface area contributed by atoms with Gasteiger partial charge in [0.25, 0.3) is 5.91 Å². The summed E-state index contributed by atoms with van der Waals surface area (Å²) in [4.78, 5) is 25.5. The summed E-state index contributed by atoms with van der Waals surface area (Å²) in [5.41, 5.74) is 2.04. The highest BCUT2D eigenvalue weighted by Gasteiger charge is 2.23. The molecule has 3 aromatic rings. The molecule has 0 unspecified atom stereocenters. The summed E-state index contributed by atoms with van der Waals surface area (Å²) in [7, 11) is 1.59. The van der Waals surface area contributed by atoms with Crippen molar-refractivity contribution in [3.8, 4) is 17.6 Å². The molecule has 6 nitrogen and oxygen atoms in total. The van der Waals surface area contributed by atoms with Gasteiger partial charge in [-0.1, -0.05) is 29.5 Å². The third kappa shape index (κ3) is 4.96. The number of rotatable bonds is 3. The molecule has 1 saturated heterocycles. The van der Waals surface area contributed by atoms with Gasteiger partial charge >= 0.3 is 0 Å². The first kappa shape index (κ1) is 20.7. The van der Waals surface area contributed by atoms with Crippen LogP contribution in [0.4, 0.5) is 5.82 Å². The lowest BCUT2D eigenvalue weighted by Crippen LogP contribution is -2.49. The van der Waals surface area contributed by atoms with Crippen LogP contribution in [0.5, 0.6) is 5.75 Å². The maximum atomic E-state index is 13.1. The van der Waals surface area contributed by atoms with Gasteiger partial charge in [-0.25, -0.2) is 4.98 Å². The second-order valence-corrected chi connectivity index (χ2v) is 7.45. The molecule has 1 aliphatic heterocycles. The van der Waals surface area contributed by atoms with Crippen molar-refractivity contribution in [2.75, 3.05) is 38.2 Å². The van der Waals surface area contributed by atoms with Gasteiger partial charge in [-0.2, -0.15) is 0 Å². The number of methoxy groups -OCH3 is 1. The Balaban J connectivity index is 1.50. The number of halogens is 1. The van der Waals surface area contributed by atoms with Gasteiger partial charge in [-0.15, -0.1) is 0 Å². The van der Waals surface area contributed by atoms with Crippen molar-refractivity contribution in [1.82, 2.24) is 14.9 Å². The van der Waals surface area contributed by atoms with Crippen LogP contribution in [-0.4, -0.2) is 54.1 Å². The molecule has 7 heteroatoms. The van der Waals surface area contributed by atoms with Gasteiger partial charge in [0.05, 0.1) is 18.9 Å². The van der Waals surface area contributed by atoms with Gasteiger partial charge in [0.2, 0.25) is 0 Å². The van der Waals surface area contributed by atoms with E-state index in [0.29, 0.717) is 48.1 Å². The van der Waals surface area contributed by atoms with Gasteiger partial charge in [0.15, 0.2) is 0 Å². The number of carbonyl (C=O) groups excluding carboxylic acids is 1. The van der Waals surface area contributed by atoms with Gasteiger partial charge < -0.3 is 14.5 Å². The molecular weight excluding hydrogens is 412 g/mol. The van der Waals surface area contributed by atoms with Crippen molar-refractivity contribution >= 4 is 23.3 Å². The third-order valence-corrected chi connectivity index (χ3v) is 5.29. The van der Waals surface area contributed by atoms with E-state index >= 15 is 0 Å². The Labute approximate surface area is 186 Å². The quantitative estimate of drug-likeness (QED) is 0.593. The summed E-state index contributed by atoms with van der Waals surface area (Å²) in [6.45, 7) is 2.65. The maximum absolute atomic E-state index is 13.1. The monoisotopic (exact) mass is 432 g/mol. The lowest BCUT2D eigenvalue weighted by Gasteiger charge is -2.35. The molecule has 1 aromatic heterocycles. The van der Waals surface area contributed by atoms with Crippen LogP contribution in [0, 0.1) is 11.8 Å². The number of benzene rings is 2. The van der Waals surface area contributed by atoms with E-state index in [-0.39, 0.29) is 5.91 Å². The Morgan fingerprint density at radius 1 is 1.06 bits per heavy atom. The topological polar surface area (TPSA) is 58.6 Å². The average Bonchev–Trinajstić information content (AvgIpc) is 2.83. The van der Waals surface area contributed by atoms with E-state index < -0.39 is 0 Å². The van der Waals surface area contributed by atoms with Gasteiger partial charge in [-0.05, 0) is 36.4 Å². The van der Waals surface area contributed by atoms with Crippen molar-refractivity contribution in [1.29, 1.82) is 0 Å². The third-order valence-electron chi connectivity index (χ3n) is 5.05. The molecule has 0 atom stereocenters. The summed E-state index contributed by atoms with van der Waals surface area (Å²) < 4.78 is 5.43. The molecular formula is C24H21ClN4O2. The van der Waals surface area contributed by atoms with Crippen LogP contribution in [0.25, 0.3) is 0 Å². The predicted molar refractivity (Wildman–Crippen MR) is 121 cm³/mol. The van der Waals surface area contributed by atoms with Crippen LogP contribution in [0.2, 0.25) is 5.02 Å². The minimum Gasteiger partial charge on any atom is -0.495 e. The number of carbonyl (C=O) groups is 1. The normalized spacial score (nSPS) is 13.4. The van der Waals surface area contributed by atoms with Crippen molar-refractivity contribution in [3.05, 3.63) is 82.8 Å². The zero-order valence-corrected chi connectivity index (χ0v) is 17.8. The molecule has 0 saturated carbocycles. The maximum Gasteiger partial charge on any atom is 0.254 e. The predicted octanol–water partition coefficient (Wildman–Crippen LogP) is 3.50. The number of amides is 1. The highest BCUT2D eigenvalue weighted by atomic mass is 35.5. The van der Waals surface area contributed by atoms with Crippen molar-refractivity contribution < 1.29 is 9.53 Å². The Morgan fingerprint density at radius 3 is 2.61 bits per heavy atom. The molecule has 1 amide bonds. The fraction of sp³-hybridized carbons (Fsp3) is 0.208. The first-order valence-electron chi connectivity index (χ1n) is 9.90. The fourth-order valence-corrected chi connectivity index (χ4v) is 3.61. The molecule has 31 heavy (non-hydrogen) atoms. The average molecular weight is 433 g/mol. The molecule has 0 spiro atoms. The standard InChI is InChI=1S/C24H21ClN4O2/c1-31-22-8-7-20(16-19(22)6-5-18-3-2-4-21(25)15-18)24(30)29-13-11-28(12-14-29)23-17-26-9-10-27-23/h2-4,7-10,15-17H,11-14H2,1H3. The summed E-state index contributed by atoms with van der Waals surface area (Å²) in [5.74, 6) is 7.63. The Kier molecular flexibility index (Phi) is 6.34. The van der Waals surface area contributed by atoms with E-state index in [1.54, 1.807) is 56.0 Å². The SMILES string of the molecule is COc1ccc(C(=O)N2CCN(c3cnccn3)CC2)cc1C#Cc1cccc(Cl)c1. The lowest BCUT2D eigenvalue weighted by atomic mass is 10.1. The summed E-state index contributed by atoms with van der Waals surface area (Å²) in [6, 6.07) is 12.7. The summed E-state index contributed by atoms with van der Waals surface area (Å²) in [6.07, 6.45) is 5.07. The van der Waals surface area contributed by atoms with Crippen LogP contribution in [0.1, 0.15) is 21.5 Å². The highest BCUT2D eigenvalue weighted by Crippen LogP contribution is 2.21. The van der Waals surface area contributed by atoms with Crippen molar-refractivity contribution in [2.24, 2.45) is 0 Å². The summed E-state index contributed by atoms with van der Waals surface area (Å²) >= 11 is 6.03. The number of hydrogen-bond acceptors (Lipinski definition) is 5. The Morgan fingerprint density at radius 2 is 1.90 bits per heavy atom. The van der Waals surface area contributed by atoms with Crippen molar-refractivity contribution in [2.45, 2.75) is 0 Å². The zero-order chi connectivity index (χ0) is 21.6. The van der Waals surface area contributed by atoms with E-state index in [2.05, 4.69) is 26.7 Å². The van der Waals surface area contributed by atoms with Crippen LogP contribution >= 0.6 is 11.6 Å². The number of nitrogens with zero attached hydrogens (tertiary/aromatic N) is 4. The van der Waals surface area contributed by atoms with Gasteiger partial charge in [0.1, 0.15) is 11.6 Å². The molecule has 156 valence electrons.